The number of allylic oxidation sites excluding steroid dienone is 3. The topological polar surface area (TPSA) is 18.5 Å². The maximum atomic E-state index is 6.28. The molecule has 0 radical (unpaired) electrons. The van der Waals surface area contributed by atoms with Crippen molar-refractivity contribution in [3.05, 3.63) is 23.7 Å². The molecule has 1 rings (SSSR count). The van der Waals surface area contributed by atoms with Gasteiger partial charge in [-0.1, -0.05) is 38.3 Å². The fourth-order valence-electron chi connectivity index (χ4n) is 2.74. The Balaban J connectivity index is 3.06. The molecule has 2 nitrogen and oxygen atoms in total. The molecule has 0 bridgehead atoms. The van der Waals surface area contributed by atoms with E-state index in [1.54, 1.807) is 0 Å². The lowest BCUT2D eigenvalue weighted by atomic mass is 9.71. The highest BCUT2D eigenvalue weighted by molar-refractivity contribution is 6.54. The smallest absolute Gasteiger partial charge is 0.400 e. The van der Waals surface area contributed by atoms with Gasteiger partial charge in [0.1, 0.15) is 0 Å². The molecule has 1 aliphatic heterocycles. The minimum Gasteiger partial charge on any atom is -0.400 e. The Hall–Kier alpha value is -0.535. The molecule has 3 heteroatoms. The maximum Gasteiger partial charge on any atom is 0.490 e. The van der Waals surface area contributed by atoms with E-state index in [1.165, 1.54) is 17.5 Å². The van der Waals surface area contributed by atoms with Crippen LogP contribution in [0.4, 0.5) is 0 Å². The van der Waals surface area contributed by atoms with Crippen LogP contribution in [0.15, 0.2) is 23.7 Å². The zero-order valence-electron chi connectivity index (χ0n) is 14.9. The molecule has 0 aromatic rings. The molecule has 0 aromatic heterocycles. The molecule has 1 aliphatic rings. The summed E-state index contributed by atoms with van der Waals surface area (Å²) in [6.07, 6.45) is 8.60. The largest absolute Gasteiger partial charge is 0.490 e. The standard InChI is InChI=1S/C18H33BO2/c1-8-11-14-15(12-9-2)16(13-10-3)19-20-17(4,5)18(6,7)21-19/h8H,1,9-14H2,2-7H3/b16-15-. The van der Waals surface area contributed by atoms with Crippen molar-refractivity contribution in [1.29, 1.82) is 0 Å². The van der Waals surface area contributed by atoms with Gasteiger partial charge in [-0.3, -0.25) is 0 Å². The Morgan fingerprint density at radius 3 is 1.90 bits per heavy atom. The predicted molar refractivity (Wildman–Crippen MR) is 92.4 cm³/mol. The van der Waals surface area contributed by atoms with Gasteiger partial charge in [0.25, 0.3) is 0 Å². The monoisotopic (exact) mass is 292 g/mol. The zero-order valence-corrected chi connectivity index (χ0v) is 14.9. The highest BCUT2D eigenvalue weighted by Gasteiger charge is 2.52. The van der Waals surface area contributed by atoms with E-state index in [0.29, 0.717) is 0 Å². The van der Waals surface area contributed by atoms with Crippen molar-refractivity contribution < 1.29 is 9.31 Å². The van der Waals surface area contributed by atoms with Crippen LogP contribution in [0.25, 0.3) is 0 Å². The van der Waals surface area contributed by atoms with Crippen molar-refractivity contribution in [2.24, 2.45) is 0 Å². The lowest BCUT2D eigenvalue weighted by Crippen LogP contribution is -2.41. The first kappa shape index (κ1) is 18.5. The third-order valence-corrected chi connectivity index (χ3v) is 4.71. The van der Waals surface area contributed by atoms with E-state index < -0.39 is 0 Å². The number of rotatable bonds is 8. The summed E-state index contributed by atoms with van der Waals surface area (Å²) in [5.74, 6) is 0. The Bertz CT molecular complexity index is 367. The first-order chi connectivity index (χ1) is 9.79. The van der Waals surface area contributed by atoms with Crippen LogP contribution in [0, 0.1) is 0 Å². The van der Waals surface area contributed by atoms with Crippen LogP contribution in [-0.4, -0.2) is 18.3 Å². The van der Waals surface area contributed by atoms with Crippen molar-refractivity contribution >= 4 is 7.12 Å². The van der Waals surface area contributed by atoms with E-state index in [9.17, 15) is 0 Å². The van der Waals surface area contributed by atoms with Gasteiger partial charge in [0.05, 0.1) is 11.2 Å². The van der Waals surface area contributed by atoms with Crippen LogP contribution in [0.2, 0.25) is 0 Å². The van der Waals surface area contributed by atoms with Crippen LogP contribution in [0.3, 0.4) is 0 Å². The van der Waals surface area contributed by atoms with Crippen molar-refractivity contribution in [1.82, 2.24) is 0 Å². The summed E-state index contributed by atoms with van der Waals surface area (Å²) in [6.45, 7) is 16.8. The summed E-state index contributed by atoms with van der Waals surface area (Å²) in [6, 6.07) is 0. The quantitative estimate of drug-likeness (QED) is 0.435. The van der Waals surface area contributed by atoms with Crippen molar-refractivity contribution in [2.75, 3.05) is 0 Å². The highest BCUT2D eigenvalue weighted by atomic mass is 16.7. The van der Waals surface area contributed by atoms with E-state index in [1.807, 2.05) is 6.08 Å². The second-order valence-corrected chi connectivity index (χ2v) is 7.04. The molecular weight excluding hydrogens is 259 g/mol. The third-order valence-electron chi connectivity index (χ3n) is 4.71. The molecule has 0 unspecified atom stereocenters. The summed E-state index contributed by atoms with van der Waals surface area (Å²) in [5, 5.41) is 0. The Labute approximate surface area is 132 Å². The lowest BCUT2D eigenvalue weighted by molar-refractivity contribution is 0.00578. The van der Waals surface area contributed by atoms with Crippen molar-refractivity contribution in [3.8, 4) is 0 Å². The predicted octanol–water partition coefficient (Wildman–Crippen LogP) is 5.48. The molecule has 0 aromatic carbocycles. The van der Waals surface area contributed by atoms with Gasteiger partial charge in [0.2, 0.25) is 0 Å². The fourth-order valence-corrected chi connectivity index (χ4v) is 2.74. The molecule has 120 valence electrons. The molecule has 0 aliphatic carbocycles. The van der Waals surface area contributed by atoms with Gasteiger partial charge in [-0.05, 0) is 58.9 Å². The molecule has 1 fully saturated rings. The van der Waals surface area contributed by atoms with Crippen LogP contribution >= 0.6 is 0 Å². The van der Waals surface area contributed by atoms with Gasteiger partial charge >= 0.3 is 7.12 Å². The molecule has 0 saturated carbocycles. The number of hydrogen-bond acceptors (Lipinski definition) is 2. The number of hydrogen-bond donors (Lipinski definition) is 0. The van der Waals surface area contributed by atoms with Crippen LogP contribution in [0.5, 0.6) is 0 Å². The van der Waals surface area contributed by atoms with Crippen molar-refractivity contribution in [3.63, 3.8) is 0 Å². The Morgan fingerprint density at radius 2 is 1.48 bits per heavy atom. The van der Waals surface area contributed by atoms with E-state index in [4.69, 9.17) is 9.31 Å². The van der Waals surface area contributed by atoms with Crippen LogP contribution in [0.1, 0.15) is 80.1 Å². The molecular formula is C18H33BO2. The first-order valence-corrected chi connectivity index (χ1v) is 8.46. The van der Waals surface area contributed by atoms with E-state index >= 15 is 0 Å². The van der Waals surface area contributed by atoms with E-state index in [-0.39, 0.29) is 18.3 Å². The molecule has 1 saturated heterocycles. The average Bonchev–Trinajstić information content (AvgIpc) is 2.61. The van der Waals surface area contributed by atoms with Gasteiger partial charge in [-0.15, -0.1) is 6.58 Å². The zero-order chi connectivity index (χ0) is 16.1. The third kappa shape index (κ3) is 4.47. The summed E-state index contributed by atoms with van der Waals surface area (Å²) in [7, 11) is -0.179. The highest BCUT2D eigenvalue weighted by Crippen LogP contribution is 2.40. The fraction of sp³-hybridized carbons (Fsp3) is 0.778. The summed E-state index contributed by atoms with van der Waals surface area (Å²) < 4.78 is 12.6. The minimum absolute atomic E-state index is 0.179. The van der Waals surface area contributed by atoms with Gasteiger partial charge in [-0.25, -0.2) is 0 Å². The van der Waals surface area contributed by atoms with E-state index in [0.717, 1.165) is 32.1 Å². The second kappa shape index (κ2) is 7.64. The minimum atomic E-state index is -0.258. The van der Waals surface area contributed by atoms with Gasteiger partial charge in [-0.2, -0.15) is 0 Å². The first-order valence-electron chi connectivity index (χ1n) is 8.46. The van der Waals surface area contributed by atoms with Gasteiger partial charge in [0.15, 0.2) is 0 Å². The summed E-state index contributed by atoms with van der Waals surface area (Å²) >= 11 is 0. The molecule has 0 amide bonds. The second-order valence-electron chi connectivity index (χ2n) is 7.04. The maximum absolute atomic E-state index is 6.28. The van der Waals surface area contributed by atoms with Gasteiger partial charge in [0, 0.05) is 0 Å². The normalized spacial score (nSPS) is 21.3. The Morgan fingerprint density at radius 1 is 0.952 bits per heavy atom. The lowest BCUT2D eigenvalue weighted by Gasteiger charge is -2.32. The molecule has 0 N–H and O–H groups in total. The molecule has 0 atom stereocenters. The van der Waals surface area contributed by atoms with Crippen molar-refractivity contribution in [2.45, 2.75) is 91.3 Å². The van der Waals surface area contributed by atoms with E-state index in [2.05, 4.69) is 48.1 Å². The van der Waals surface area contributed by atoms with Crippen LogP contribution in [-0.2, 0) is 9.31 Å². The molecule has 1 heterocycles. The molecule has 0 spiro atoms. The van der Waals surface area contributed by atoms with Crippen LogP contribution < -0.4 is 0 Å². The summed E-state index contributed by atoms with van der Waals surface area (Å²) in [5.41, 5.74) is 2.37. The van der Waals surface area contributed by atoms with Gasteiger partial charge < -0.3 is 9.31 Å². The SMILES string of the molecule is C=CCC/C(CCC)=C(/CCC)B1OC(C)(C)C(C)(C)O1. The Kier molecular flexibility index (Phi) is 6.74. The summed E-state index contributed by atoms with van der Waals surface area (Å²) in [4.78, 5) is 0. The average molecular weight is 292 g/mol. The molecule has 21 heavy (non-hydrogen) atoms.